The van der Waals surface area contributed by atoms with Gasteiger partial charge >= 0.3 is 0 Å². The molecule has 7 heteroatoms. The molecule has 2 aromatic heterocycles. The topological polar surface area (TPSA) is 76.0 Å². The van der Waals surface area contributed by atoms with Crippen LogP contribution >= 0.6 is 11.6 Å². The van der Waals surface area contributed by atoms with Crippen LogP contribution in [0.4, 0.5) is 0 Å². The summed E-state index contributed by atoms with van der Waals surface area (Å²) in [5.74, 6) is 1.01. The molecule has 3 aromatic rings. The van der Waals surface area contributed by atoms with E-state index in [-0.39, 0.29) is 10.1 Å². The fraction of sp³-hybridized carbons (Fsp3) is 0.0833. The molecule has 0 radical (unpaired) electrons. The molecule has 0 aliphatic heterocycles. The van der Waals surface area contributed by atoms with Gasteiger partial charge in [0.2, 0.25) is 0 Å². The zero-order valence-corrected chi connectivity index (χ0v) is 11.4. The largest absolute Gasteiger partial charge is 0.441 e. The summed E-state index contributed by atoms with van der Waals surface area (Å²) in [5.41, 5.74) is 1.29. The highest BCUT2D eigenvalue weighted by atomic mass is 35.5. The zero-order chi connectivity index (χ0) is 13.6. The number of nitrogens with one attached hydrogen (secondary N) is 1. The van der Waals surface area contributed by atoms with Crippen molar-refractivity contribution in [3.05, 3.63) is 35.6 Å². The highest BCUT2D eigenvalue weighted by molar-refractivity contribution is 7.90. The molecule has 0 unspecified atom stereocenters. The number of nitrogens with zero attached hydrogens (tertiary/aromatic N) is 1. The molecule has 1 aromatic carbocycles. The van der Waals surface area contributed by atoms with Crippen molar-refractivity contribution in [2.75, 3.05) is 6.26 Å². The monoisotopic (exact) mass is 296 g/mol. The van der Waals surface area contributed by atoms with Gasteiger partial charge < -0.3 is 9.40 Å². The van der Waals surface area contributed by atoms with Crippen LogP contribution in [0.1, 0.15) is 0 Å². The molecule has 1 N–H and O–H groups in total. The summed E-state index contributed by atoms with van der Waals surface area (Å²) in [6, 6.07) is 8.03. The minimum absolute atomic E-state index is 0.243. The first-order valence-electron chi connectivity index (χ1n) is 5.39. The normalized spacial score (nSPS) is 12.1. The Hall–Kier alpha value is -1.79. The van der Waals surface area contributed by atoms with Crippen molar-refractivity contribution in [1.29, 1.82) is 0 Å². The van der Waals surface area contributed by atoms with E-state index in [9.17, 15) is 8.42 Å². The number of aromatic amines is 1. The summed E-state index contributed by atoms with van der Waals surface area (Å²) >= 11 is 5.71. The third-order valence-electron chi connectivity index (χ3n) is 2.69. The van der Waals surface area contributed by atoms with Gasteiger partial charge in [0.25, 0.3) is 0 Å². The number of fused-ring (bicyclic) bond motifs is 1. The highest BCUT2D eigenvalue weighted by Gasteiger charge is 2.12. The van der Waals surface area contributed by atoms with Gasteiger partial charge in [0.1, 0.15) is 0 Å². The lowest BCUT2D eigenvalue weighted by Crippen LogP contribution is -1.96. The second kappa shape index (κ2) is 4.11. The molecule has 2 heterocycles. The first-order chi connectivity index (χ1) is 8.93. The summed E-state index contributed by atoms with van der Waals surface area (Å²) in [4.78, 5) is 7.57. The number of halogens is 1. The van der Waals surface area contributed by atoms with E-state index in [0.717, 1.165) is 6.26 Å². The van der Waals surface area contributed by atoms with Crippen LogP contribution in [-0.2, 0) is 9.84 Å². The van der Waals surface area contributed by atoms with Crippen molar-refractivity contribution < 1.29 is 12.8 Å². The zero-order valence-electron chi connectivity index (χ0n) is 9.84. The number of furan rings is 1. The van der Waals surface area contributed by atoms with Gasteiger partial charge in [-0.1, -0.05) is 0 Å². The van der Waals surface area contributed by atoms with Crippen LogP contribution in [0, 0.1) is 0 Å². The Bertz CT molecular complexity index is 864. The molecular weight excluding hydrogens is 288 g/mol. The Morgan fingerprint density at radius 2 is 2.05 bits per heavy atom. The molecule has 0 aliphatic carbocycles. The number of imidazole rings is 1. The van der Waals surface area contributed by atoms with Crippen molar-refractivity contribution in [3.63, 3.8) is 0 Å². The second-order valence-corrected chi connectivity index (χ2v) is 6.53. The quantitative estimate of drug-likeness (QED) is 0.789. The van der Waals surface area contributed by atoms with Crippen molar-refractivity contribution in [1.82, 2.24) is 9.97 Å². The van der Waals surface area contributed by atoms with E-state index in [1.165, 1.54) is 6.07 Å². The summed E-state index contributed by atoms with van der Waals surface area (Å²) in [6.07, 6.45) is 1.16. The van der Waals surface area contributed by atoms with Gasteiger partial charge in [-0.3, -0.25) is 0 Å². The lowest BCUT2D eigenvalue weighted by Gasteiger charge is -1.96. The third-order valence-corrected chi connectivity index (χ3v) is 4.00. The lowest BCUT2D eigenvalue weighted by atomic mass is 10.3. The van der Waals surface area contributed by atoms with Gasteiger partial charge in [-0.05, 0) is 41.9 Å². The fourth-order valence-electron chi connectivity index (χ4n) is 1.78. The number of rotatable bonds is 2. The number of aromatic nitrogens is 2. The minimum Gasteiger partial charge on any atom is -0.441 e. The van der Waals surface area contributed by atoms with Gasteiger partial charge in [0.15, 0.2) is 26.6 Å². The predicted octanol–water partition coefficient (Wildman–Crippen LogP) is 2.88. The summed E-state index contributed by atoms with van der Waals surface area (Å²) in [7, 11) is -3.24. The third kappa shape index (κ3) is 2.24. The smallest absolute Gasteiger partial charge is 0.194 e. The molecule has 0 spiro atoms. The van der Waals surface area contributed by atoms with E-state index in [1.54, 1.807) is 24.3 Å². The van der Waals surface area contributed by atoms with E-state index in [0.29, 0.717) is 22.6 Å². The SMILES string of the molecule is CS(=O)(=O)c1ccc2nc(-c3ccc(Cl)o3)[nH]c2c1. The number of hydrogen-bond acceptors (Lipinski definition) is 4. The summed E-state index contributed by atoms with van der Waals surface area (Å²) in [5, 5.41) is 0.271. The first kappa shape index (κ1) is 12.3. The van der Waals surface area contributed by atoms with Crippen molar-refractivity contribution >= 4 is 32.5 Å². The maximum absolute atomic E-state index is 11.5. The second-order valence-electron chi connectivity index (χ2n) is 4.14. The van der Waals surface area contributed by atoms with Gasteiger partial charge in [-0.25, -0.2) is 13.4 Å². The van der Waals surface area contributed by atoms with Crippen LogP contribution in [-0.4, -0.2) is 24.6 Å². The standard InChI is InChI=1S/C12H9ClN2O3S/c1-19(16,17)7-2-3-8-9(6-7)15-12(14-8)10-4-5-11(13)18-10/h2-6H,1H3,(H,14,15). The number of benzene rings is 1. The van der Waals surface area contributed by atoms with E-state index in [2.05, 4.69) is 9.97 Å². The van der Waals surface area contributed by atoms with Gasteiger partial charge in [-0.15, -0.1) is 0 Å². The Morgan fingerprint density at radius 3 is 2.68 bits per heavy atom. The van der Waals surface area contributed by atoms with Crippen LogP contribution in [0.3, 0.4) is 0 Å². The summed E-state index contributed by atoms with van der Waals surface area (Å²) in [6.45, 7) is 0. The summed E-state index contributed by atoms with van der Waals surface area (Å²) < 4.78 is 28.2. The van der Waals surface area contributed by atoms with Gasteiger partial charge in [0, 0.05) is 6.26 Å². The Morgan fingerprint density at radius 1 is 1.26 bits per heavy atom. The van der Waals surface area contributed by atoms with E-state index < -0.39 is 9.84 Å². The molecule has 0 saturated heterocycles. The Balaban J connectivity index is 2.16. The molecule has 19 heavy (non-hydrogen) atoms. The molecule has 0 amide bonds. The molecule has 5 nitrogen and oxygen atoms in total. The molecule has 98 valence electrons. The lowest BCUT2D eigenvalue weighted by molar-refractivity contribution is 0.580. The number of H-pyrrole nitrogens is 1. The molecule has 0 saturated carbocycles. The van der Waals surface area contributed by atoms with Gasteiger partial charge in [0.05, 0.1) is 15.9 Å². The number of hydrogen-bond donors (Lipinski definition) is 1. The van der Waals surface area contributed by atoms with Crippen molar-refractivity contribution in [2.24, 2.45) is 0 Å². The van der Waals surface area contributed by atoms with Crippen LogP contribution in [0.15, 0.2) is 39.6 Å². The Kier molecular flexibility index (Phi) is 2.65. The maximum atomic E-state index is 11.5. The Labute approximate surface area is 114 Å². The van der Waals surface area contributed by atoms with E-state index >= 15 is 0 Å². The average molecular weight is 297 g/mol. The molecule has 3 rings (SSSR count). The predicted molar refractivity (Wildman–Crippen MR) is 71.9 cm³/mol. The van der Waals surface area contributed by atoms with Gasteiger partial charge in [-0.2, -0.15) is 0 Å². The fourth-order valence-corrected chi connectivity index (χ4v) is 2.57. The molecule has 0 atom stereocenters. The van der Waals surface area contributed by atoms with E-state index in [1.807, 2.05) is 0 Å². The van der Waals surface area contributed by atoms with Crippen LogP contribution in [0.5, 0.6) is 0 Å². The van der Waals surface area contributed by atoms with Crippen LogP contribution in [0.25, 0.3) is 22.6 Å². The average Bonchev–Trinajstić information content (AvgIpc) is 2.92. The number of sulfone groups is 1. The van der Waals surface area contributed by atoms with Crippen molar-refractivity contribution in [2.45, 2.75) is 4.90 Å². The molecule has 0 fully saturated rings. The highest BCUT2D eigenvalue weighted by Crippen LogP contribution is 2.25. The van der Waals surface area contributed by atoms with Crippen LogP contribution in [0.2, 0.25) is 5.22 Å². The minimum atomic E-state index is -3.24. The van der Waals surface area contributed by atoms with Crippen molar-refractivity contribution in [3.8, 4) is 11.6 Å². The first-order valence-corrected chi connectivity index (χ1v) is 7.66. The molecule has 0 aliphatic rings. The van der Waals surface area contributed by atoms with E-state index in [4.69, 9.17) is 16.0 Å². The van der Waals surface area contributed by atoms with Crippen LogP contribution < -0.4 is 0 Å². The molecular formula is C12H9ClN2O3S. The molecule has 0 bridgehead atoms. The maximum Gasteiger partial charge on any atom is 0.194 e.